The summed E-state index contributed by atoms with van der Waals surface area (Å²) in [5, 5.41) is 8.00. The summed E-state index contributed by atoms with van der Waals surface area (Å²) in [5.74, 6) is 0.323. The van der Waals surface area contributed by atoms with Gasteiger partial charge in [0.15, 0.2) is 5.78 Å². The number of halogens is 1. The van der Waals surface area contributed by atoms with Gasteiger partial charge in [0, 0.05) is 11.8 Å². The molecule has 1 aromatic heterocycles. The topological polar surface area (TPSA) is 74.1 Å². The zero-order valence-electron chi connectivity index (χ0n) is 10.9. The molecule has 20 heavy (non-hydrogen) atoms. The first-order chi connectivity index (χ1) is 9.52. The average Bonchev–Trinajstić information content (AvgIpc) is 2.86. The molecule has 0 fully saturated rings. The number of aromatic nitrogens is 3. The Bertz CT molecular complexity index is 672. The van der Waals surface area contributed by atoms with Gasteiger partial charge >= 0.3 is 0 Å². The number of methoxy groups -OCH3 is 1. The fourth-order valence-corrected chi connectivity index (χ4v) is 2.52. The Morgan fingerprint density at radius 1 is 1.50 bits per heavy atom. The monoisotopic (exact) mass is 313 g/mol. The van der Waals surface area contributed by atoms with E-state index in [0.29, 0.717) is 16.3 Å². The van der Waals surface area contributed by atoms with Crippen LogP contribution in [0.4, 0.5) is 0 Å². The lowest BCUT2D eigenvalue weighted by Crippen LogP contribution is -2.13. The van der Waals surface area contributed by atoms with E-state index in [-0.39, 0.29) is 17.5 Å². The van der Waals surface area contributed by atoms with E-state index in [1.807, 2.05) is 0 Å². The van der Waals surface area contributed by atoms with Crippen molar-refractivity contribution in [3.63, 3.8) is 0 Å². The summed E-state index contributed by atoms with van der Waals surface area (Å²) in [6, 6.07) is 4.79. The molecule has 1 heterocycles. The van der Waals surface area contributed by atoms with E-state index in [2.05, 4.69) is 10.2 Å². The molecule has 0 saturated carbocycles. The van der Waals surface area contributed by atoms with E-state index in [1.165, 1.54) is 30.3 Å². The molecule has 2 rings (SSSR count). The van der Waals surface area contributed by atoms with Crippen molar-refractivity contribution in [1.82, 2.24) is 14.8 Å². The number of ether oxygens (including phenoxy) is 1. The minimum atomic E-state index is -1.30. The van der Waals surface area contributed by atoms with Crippen molar-refractivity contribution in [2.24, 2.45) is 0 Å². The van der Waals surface area contributed by atoms with Gasteiger partial charge in [-0.3, -0.25) is 13.6 Å². The lowest BCUT2D eigenvalue weighted by molar-refractivity contribution is 0.0969. The first kappa shape index (κ1) is 14.7. The Morgan fingerprint density at radius 3 is 2.85 bits per heavy atom. The fourth-order valence-electron chi connectivity index (χ4n) is 1.66. The van der Waals surface area contributed by atoms with Gasteiger partial charge in [0.05, 0.1) is 29.5 Å². The summed E-state index contributed by atoms with van der Waals surface area (Å²) in [7, 11) is 0.202. The third-order valence-electron chi connectivity index (χ3n) is 2.62. The fraction of sp³-hybridized carbons (Fsp3) is 0.250. The lowest BCUT2D eigenvalue weighted by atomic mass is 10.1. The highest BCUT2D eigenvalue weighted by atomic mass is 35.5. The van der Waals surface area contributed by atoms with Gasteiger partial charge in [-0.25, -0.2) is 0 Å². The first-order valence-corrected chi connectivity index (χ1v) is 7.54. The smallest absolute Gasteiger partial charge is 0.221 e. The van der Waals surface area contributed by atoms with Crippen LogP contribution in [0.25, 0.3) is 0 Å². The molecule has 6 nitrogen and oxygen atoms in total. The van der Waals surface area contributed by atoms with Crippen molar-refractivity contribution >= 4 is 28.2 Å². The van der Waals surface area contributed by atoms with Crippen LogP contribution in [0.15, 0.2) is 29.7 Å². The quantitative estimate of drug-likeness (QED) is 0.783. The minimum Gasteiger partial charge on any atom is -0.495 e. The van der Waals surface area contributed by atoms with Crippen molar-refractivity contribution in [2.45, 2.75) is 11.7 Å². The number of nitrogens with zero attached hydrogens (tertiary/aromatic N) is 3. The molecule has 0 N–H and O–H groups in total. The number of hydrogen-bond acceptors (Lipinski definition) is 5. The summed E-state index contributed by atoms with van der Waals surface area (Å²) in [6.07, 6.45) is 2.86. The molecule has 106 valence electrons. The largest absolute Gasteiger partial charge is 0.495 e. The van der Waals surface area contributed by atoms with Crippen LogP contribution in [0.3, 0.4) is 0 Å². The maximum Gasteiger partial charge on any atom is 0.221 e. The summed E-state index contributed by atoms with van der Waals surface area (Å²) < 4.78 is 17.9. The number of Topliss-reactive ketones (excluding diaryl/α,β-unsaturated/α-hetero) is 1. The predicted octanol–water partition coefficient (Wildman–Crippen LogP) is 1.56. The van der Waals surface area contributed by atoms with Crippen LogP contribution in [0.1, 0.15) is 10.4 Å². The Hall–Kier alpha value is -1.73. The molecular weight excluding hydrogens is 302 g/mol. The van der Waals surface area contributed by atoms with Crippen molar-refractivity contribution in [3.05, 3.63) is 35.1 Å². The van der Waals surface area contributed by atoms with E-state index in [0.717, 1.165) is 0 Å². The molecule has 1 unspecified atom stereocenters. The van der Waals surface area contributed by atoms with Crippen LogP contribution in [0, 0.1) is 0 Å². The van der Waals surface area contributed by atoms with Crippen LogP contribution in [0.5, 0.6) is 5.75 Å². The van der Waals surface area contributed by atoms with Gasteiger partial charge in [0.2, 0.25) is 5.16 Å². The van der Waals surface area contributed by atoms with E-state index in [9.17, 15) is 9.00 Å². The van der Waals surface area contributed by atoms with Crippen LogP contribution in [0.2, 0.25) is 5.02 Å². The number of benzene rings is 1. The minimum absolute atomic E-state index is 0.00453. The molecule has 1 atom stereocenters. The second-order valence-electron chi connectivity index (χ2n) is 3.97. The Kier molecular flexibility index (Phi) is 4.51. The van der Waals surface area contributed by atoms with Gasteiger partial charge < -0.3 is 4.74 Å². The molecule has 1 aromatic carbocycles. The number of hydrogen-bond donors (Lipinski definition) is 0. The molecule has 0 saturated heterocycles. The zero-order valence-corrected chi connectivity index (χ0v) is 12.4. The first-order valence-electron chi connectivity index (χ1n) is 5.61. The van der Waals surface area contributed by atoms with Crippen molar-refractivity contribution < 1.29 is 13.7 Å². The van der Waals surface area contributed by atoms with Crippen LogP contribution in [-0.2, 0) is 17.3 Å². The standard InChI is InChI=1S/C12H12ClN3O3S/c1-19-11-4-3-8(5-9(11)13)10(17)6-16-7-14-15-12(16)20(2)18/h3-5,7H,6H2,1-2H3. The van der Waals surface area contributed by atoms with Gasteiger partial charge in [-0.05, 0) is 18.2 Å². The number of rotatable bonds is 5. The van der Waals surface area contributed by atoms with E-state index >= 15 is 0 Å². The normalized spacial score (nSPS) is 12.2. The predicted molar refractivity (Wildman–Crippen MR) is 74.7 cm³/mol. The SMILES string of the molecule is COc1ccc(C(=O)Cn2cnnc2S(C)=O)cc1Cl. The van der Waals surface area contributed by atoms with Gasteiger partial charge in [-0.2, -0.15) is 0 Å². The molecule has 0 radical (unpaired) electrons. The molecular formula is C12H12ClN3O3S. The van der Waals surface area contributed by atoms with Gasteiger partial charge in [0.25, 0.3) is 0 Å². The van der Waals surface area contributed by atoms with Gasteiger partial charge in [-0.15, -0.1) is 10.2 Å². The lowest BCUT2D eigenvalue weighted by Gasteiger charge is -2.07. The third kappa shape index (κ3) is 3.05. The van der Waals surface area contributed by atoms with Crippen molar-refractivity contribution in [2.75, 3.05) is 13.4 Å². The second kappa shape index (κ2) is 6.15. The van der Waals surface area contributed by atoms with Gasteiger partial charge in [-0.1, -0.05) is 11.6 Å². The van der Waals surface area contributed by atoms with E-state index in [1.54, 1.807) is 12.1 Å². The third-order valence-corrected chi connectivity index (χ3v) is 3.75. The van der Waals surface area contributed by atoms with E-state index in [4.69, 9.17) is 16.3 Å². The highest BCUT2D eigenvalue weighted by molar-refractivity contribution is 7.84. The highest BCUT2D eigenvalue weighted by Crippen LogP contribution is 2.25. The summed E-state index contributed by atoms with van der Waals surface area (Å²) in [4.78, 5) is 12.2. The summed E-state index contributed by atoms with van der Waals surface area (Å²) in [5.41, 5.74) is 0.442. The molecule has 0 aliphatic rings. The van der Waals surface area contributed by atoms with Crippen molar-refractivity contribution in [1.29, 1.82) is 0 Å². The second-order valence-corrected chi connectivity index (χ2v) is 5.65. The molecule has 0 amide bonds. The molecule has 2 aromatic rings. The Labute approximate surface area is 123 Å². The van der Waals surface area contributed by atoms with E-state index < -0.39 is 10.8 Å². The maximum atomic E-state index is 12.2. The van der Waals surface area contributed by atoms with Crippen LogP contribution in [-0.4, -0.2) is 38.1 Å². The highest BCUT2D eigenvalue weighted by Gasteiger charge is 2.14. The molecule has 8 heteroatoms. The summed E-state index contributed by atoms with van der Waals surface area (Å²) >= 11 is 5.98. The van der Waals surface area contributed by atoms with Crippen LogP contribution < -0.4 is 4.74 Å². The van der Waals surface area contributed by atoms with Crippen LogP contribution >= 0.6 is 11.6 Å². The molecule has 0 spiro atoms. The number of ketones is 1. The molecule has 0 aliphatic heterocycles. The maximum absolute atomic E-state index is 12.2. The Morgan fingerprint density at radius 2 is 2.25 bits per heavy atom. The van der Waals surface area contributed by atoms with Gasteiger partial charge in [0.1, 0.15) is 12.1 Å². The average molecular weight is 314 g/mol. The molecule has 0 aliphatic carbocycles. The number of carbonyl (C=O) groups excluding carboxylic acids is 1. The van der Waals surface area contributed by atoms with Crippen molar-refractivity contribution in [3.8, 4) is 5.75 Å². The zero-order chi connectivity index (χ0) is 14.7. The number of carbonyl (C=O) groups is 1. The Balaban J connectivity index is 2.22. The molecule has 0 bridgehead atoms. The summed E-state index contributed by atoms with van der Waals surface area (Å²) in [6.45, 7) is 0.00453.